The lowest BCUT2D eigenvalue weighted by Gasteiger charge is -2.34. The molecule has 3 rings (SSSR count). The molecule has 0 saturated heterocycles. The van der Waals surface area contributed by atoms with Crippen molar-refractivity contribution in [2.45, 2.75) is 19.3 Å². The molecule has 27 heavy (non-hydrogen) atoms. The van der Waals surface area contributed by atoms with Crippen LogP contribution >= 0.6 is 15.9 Å². The van der Waals surface area contributed by atoms with Gasteiger partial charge >= 0.3 is 11.9 Å². The maximum Gasteiger partial charge on any atom is 0.326 e. The lowest BCUT2D eigenvalue weighted by molar-refractivity contribution is -0.158. The van der Waals surface area contributed by atoms with E-state index in [2.05, 4.69) is 15.9 Å². The van der Waals surface area contributed by atoms with Gasteiger partial charge in [0.2, 0.25) is 0 Å². The van der Waals surface area contributed by atoms with E-state index >= 15 is 0 Å². The fraction of sp³-hybridized carbons (Fsp3) is 0.286. The van der Waals surface area contributed by atoms with E-state index in [9.17, 15) is 14.4 Å². The Kier molecular flexibility index (Phi) is 5.75. The summed E-state index contributed by atoms with van der Waals surface area (Å²) in [7, 11) is 1.23. The van der Waals surface area contributed by atoms with Gasteiger partial charge in [-0.05, 0) is 24.6 Å². The number of hydrogen-bond donors (Lipinski definition) is 0. The normalized spacial score (nSPS) is 19.6. The smallest absolute Gasteiger partial charge is 0.326 e. The molecule has 2 aromatic rings. The Morgan fingerprint density at radius 1 is 1.19 bits per heavy atom. The van der Waals surface area contributed by atoms with Gasteiger partial charge in [0.05, 0.1) is 7.11 Å². The highest BCUT2D eigenvalue weighted by atomic mass is 79.9. The van der Waals surface area contributed by atoms with Gasteiger partial charge in [-0.25, -0.2) is 0 Å². The number of ether oxygens (including phenoxy) is 2. The molecule has 2 aromatic carbocycles. The molecular weight excluding hydrogens is 412 g/mol. The van der Waals surface area contributed by atoms with E-state index in [1.165, 1.54) is 7.11 Å². The first kappa shape index (κ1) is 19.3. The Morgan fingerprint density at radius 2 is 1.89 bits per heavy atom. The van der Waals surface area contributed by atoms with E-state index in [1.807, 2.05) is 13.0 Å². The second kappa shape index (κ2) is 8.05. The van der Waals surface area contributed by atoms with Gasteiger partial charge in [-0.1, -0.05) is 53.2 Å². The summed E-state index contributed by atoms with van der Waals surface area (Å²) in [6.45, 7) is 1.87. The van der Waals surface area contributed by atoms with Crippen LogP contribution in [-0.2, 0) is 14.3 Å². The van der Waals surface area contributed by atoms with E-state index in [0.29, 0.717) is 23.3 Å². The van der Waals surface area contributed by atoms with E-state index in [0.717, 1.165) is 4.47 Å². The quantitative estimate of drug-likeness (QED) is 0.308. The first-order chi connectivity index (χ1) is 13.0. The molecule has 0 bridgehead atoms. The monoisotopic (exact) mass is 430 g/mol. The summed E-state index contributed by atoms with van der Waals surface area (Å²) in [5.74, 6) is -3.56. The van der Waals surface area contributed by atoms with Crippen molar-refractivity contribution in [3.05, 3.63) is 64.1 Å². The maximum atomic E-state index is 13.2. The average Bonchev–Trinajstić information content (AvgIpc) is 2.69. The highest BCUT2D eigenvalue weighted by molar-refractivity contribution is 9.10. The van der Waals surface area contributed by atoms with Crippen molar-refractivity contribution in [1.29, 1.82) is 0 Å². The highest BCUT2D eigenvalue weighted by Crippen LogP contribution is 2.45. The molecule has 1 aliphatic heterocycles. The number of carbonyl (C=O) groups excluding carboxylic acids is 3. The van der Waals surface area contributed by atoms with Gasteiger partial charge in [-0.15, -0.1) is 0 Å². The summed E-state index contributed by atoms with van der Waals surface area (Å²) in [5, 5.41) is 0. The average molecular weight is 431 g/mol. The number of halogens is 1. The zero-order valence-electron chi connectivity index (χ0n) is 15.0. The zero-order chi connectivity index (χ0) is 19.6. The largest absolute Gasteiger partial charge is 0.468 e. The molecule has 0 spiro atoms. The highest BCUT2D eigenvalue weighted by Gasteiger charge is 2.48. The summed E-state index contributed by atoms with van der Waals surface area (Å²) in [6.07, 6.45) is 0.463. The van der Waals surface area contributed by atoms with Crippen LogP contribution in [0.2, 0.25) is 0 Å². The molecule has 0 radical (unpaired) electrons. The minimum Gasteiger partial charge on any atom is -0.468 e. The molecule has 0 fully saturated rings. The van der Waals surface area contributed by atoms with Crippen molar-refractivity contribution >= 4 is 33.7 Å². The predicted octanol–water partition coefficient (Wildman–Crippen LogP) is 4.15. The van der Waals surface area contributed by atoms with Gasteiger partial charge in [0.1, 0.15) is 5.75 Å². The second-order valence-corrected chi connectivity index (χ2v) is 7.29. The zero-order valence-corrected chi connectivity index (χ0v) is 16.6. The van der Waals surface area contributed by atoms with Gasteiger partial charge < -0.3 is 9.47 Å². The van der Waals surface area contributed by atoms with Crippen LogP contribution in [0.25, 0.3) is 0 Å². The SMILES string of the molecule is CC[C@H](C(=O)c1ccccc1)[C@H]1c2cc(Br)ccc2OC(=O)[C@@H]1C(=O)OC. The molecule has 5 nitrogen and oxygen atoms in total. The molecule has 0 N–H and O–H groups in total. The summed E-state index contributed by atoms with van der Waals surface area (Å²) >= 11 is 3.42. The van der Waals surface area contributed by atoms with Crippen LogP contribution in [0.3, 0.4) is 0 Å². The maximum absolute atomic E-state index is 13.2. The Hall–Kier alpha value is -2.47. The number of fused-ring (bicyclic) bond motifs is 1. The van der Waals surface area contributed by atoms with Crippen molar-refractivity contribution in [2.75, 3.05) is 7.11 Å². The van der Waals surface area contributed by atoms with Crippen LogP contribution in [-0.4, -0.2) is 24.8 Å². The van der Waals surface area contributed by atoms with Crippen molar-refractivity contribution < 1.29 is 23.9 Å². The number of Topliss-reactive ketones (excluding diaryl/α,β-unsaturated/α-hetero) is 1. The molecule has 140 valence electrons. The lowest BCUT2D eigenvalue weighted by Crippen LogP contribution is -2.42. The third-order valence-corrected chi connectivity index (χ3v) is 5.37. The lowest BCUT2D eigenvalue weighted by atomic mass is 9.71. The van der Waals surface area contributed by atoms with Crippen LogP contribution in [0.4, 0.5) is 0 Å². The molecule has 0 saturated carbocycles. The molecule has 1 heterocycles. The first-order valence-corrected chi connectivity index (χ1v) is 9.45. The molecule has 3 atom stereocenters. The van der Waals surface area contributed by atoms with Crippen molar-refractivity contribution in [3.8, 4) is 5.75 Å². The van der Waals surface area contributed by atoms with Crippen LogP contribution in [0.15, 0.2) is 53.0 Å². The molecule has 0 amide bonds. The van der Waals surface area contributed by atoms with E-state index in [4.69, 9.17) is 9.47 Å². The number of esters is 2. The van der Waals surface area contributed by atoms with Gasteiger partial charge in [0.25, 0.3) is 0 Å². The molecule has 0 aromatic heterocycles. The van der Waals surface area contributed by atoms with E-state index in [-0.39, 0.29) is 5.78 Å². The van der Waals surface area contributed by atoms with Gasteiger partial charge in [0, 0.05) is 27.4 Å². The predicted molar refractivity (Wildman–Crippen MR) is 103 cm³/mol. The third-order valence-electron chi connectivity index (χ3n) is 4.88. The first-order valence-electron chi connectivity index (χ1n) is 8.66. The van der Waals surface area contributed by atoms with Crippen LogP contribution in [0, 0.1) is 11.8 Å². The summed E-state index contributed by atoms with van der Waals surface area (Å²) in [6, 6.07) is 14.1. The number of methoxy groups -OCH3 is 1. The minimum absolute atomic E-state index is 0.113. The number of hydrogen-bond acceptors (Lipinski definition) is 5. The Bertz CT molecular complexity index is 877. The number of carbonyl (C=O) groups is 3. The number of ketones is 1. The van der Waals surface area contributed by atoms with Gasteiger partial charge in [-0.3, -0.25) is 14.4 Å². The van der Waals surface area contributed by atoms with Crippen molar-refractivity contribution in [2.24, 2.45) is 11.8 Å². The van der Waals surface area contributed by atoms with Crippen molar-refractivity contribution in [1.82, 2.24) is 0 Å². The standard InChI is InChI=1S/C21H19BrO5/c1-3-14(19(23)12-7-5-4-6-8-12)17-15-11-13(22)9-10-16(15)27-21(25)18(17)20(24)26-2/h4-11,14,17-18H,3H2,1-2H3/t14-,17-,18-/m0/s1. The fourth-order valence-corrected chi connectivity index (χ4v) is 3.99. The molecule has 6 heteroatoms. The van der Waals surface area contributed by atoms with E-state index < -0.39 is 29.7 Å². The molecule has 0 aliphatic carbocycles. The number of benzene rings is 2. The summed E-state index contributed by atoms with van der Waals surface area (Å²) < 4.78 is 11.0. The molecular formula is C21H19BrO5. The van der Waals surface area contributed by atoms with Crippen LogP contribution < -0.4 is 4.74 Å². The van der Waals surface area contributed by atoms with Gasteiger partial charge in [-0.2, -0.15) is 0 Å². The summed E-state index contributed by atoms with van der Waals surface area (Å²) in [4.78, 5) is 38.2. The summed E-state index contributed by atoms with van der Waals surface area (Å²) in [5.41, 5.74) is 1.19. The van der Waals surface area contributed by atoms with E-state index in [1.54, 1.807) is 42.5 Å². The third kappa shape index (κ3) is 3.67. The Morgan fingerprint density at radius 3 is 2.52 bits per heavy atom. The number of rotatable bonds is 5. The van der Waals surface area contributed by atoms with Gasteiger partial charge in [0.15, 0.2) is 11.7 Å². The Balaban J connectivity index is 2.14. The Labute approximate surface area is 165 Å². The van der Waals surface area contributed by atoms with Crippen LogP contribution in [0.5, 0.6) is 5.75 Å². The molecule has 1 aliphatic rings. The minimum atomic E-state index is -1.19. The van der Waals surface area contributed by atoms with Crippen molar-refractivity contribution in [3.63, 3.8) is 0 Å². The topological polar surface area (TPSA) is 69.7 Å². The second-order valence-electron chi connectivity index (χ2n) is 6.37. The fourth-order valence-electron chi connectivity index (χ4n) is 3.61. The molecule has 0 unspecified atom stereocenters. The van der Waals surface area contributed by atoms with Crippen LogP contribution in [0.1, 0.15) is 35.2 Å².